The topological polar surface area (TPSA) is 58.2 Å². The molecule has 0 heterocycles. The van der Waals surface area contributed by atoms with E-state index in [9.17, 15) is 14.0 Å². The van der Waals surface area contributed by atoms with Crippen molar-refractivity contribution in [3.05, 3.63) is 65.0 Å². The Morgan fingerprint density at radius 2 is 1.70 bits per heavy atom. The number of hydrogen-bond donors (Lipinski definition) is 2. The zero-order valence-electron chi connectivity index (χ0n) is 16.5. The fourth-order valence-electron chi connectivity index (χ4n) is 2.75. The Labute approximate surface area is 160 Å². The molecule has 27 heavy (non-hydrogen) atoms. The summed E-state index contributed by atoms with van der Waals surface area (Å²) in [6, 6.07) is 12.1. The third kappa shape index (κ3) is 4.73. The van der Waals surface area contributed by atoms with Crippen LogP contribution < -0.4 is 10.6 Å². The highest BCUT2D eigenvalue weighted by molar-refractivity contribution is 6.10. The van der Waals surface area contributed by atoms with Gasteiger partial charge in [0.1, 0.15) is 11.2 Å². The number of anilines is 1. The second kappa shape index (κ2) is 8.33. The molecule has 0 aliphatic heterocycles. The summed E-state index contributed by atoms with van der Waals surface area (Å²) in [4.78, 5) is 25.4. The molecule has 0 unspecified atom stereocenters. The van der Waals surface area contributed by atoms with Crippen molar-refractivity contribution < 1.29 is 14.0 Å². The van der Waals surface area contributed by atoms with Crippen LogP contribution in [0.4, 0.5) is 10.1 Å². The molecule has 2 amide bonds. The molecule has 0 bridgehead atoms. The van der Waals surface area contributed by atoms with Gasteiger partial charge in [-0.15, -0.1) is 0 Å². The van der Waals surface area contributed by atoms with Crippen LogP contribution in [-0.4, -0.2) is 11.8 Å². The molecule has 0 aliphatic carbocycles. The van der Waals surface area contributed by atoms with Gasteiger partial charge in [-0.2, -0.15) is 0 Å². The number of benzene rings is 2. The molecule has 0 radical (unpaired) electrons. The summed E-state index contributed by atoms with van der Waals surface area (Å²) in [6.07, 6.45) is 0. The van der Waals surface area contributed by atoms with Gasteiger partial charge in [0, 0.05) is 17.8 Å². The molecule has 4 nitrogen and oxygen atoms in total. The molecule has 0 spiro atoms. The maximum Gasteiger partial charge on any atom is 0.239 e. The van der Waals surface area contributed by atoms with Gasteiger partial charge in [0.2, 0.25) is 11.8 Å². The molecule has 144 valence electrons. The van der Waals surface area contributed by atoms with Crippen LogP contribution in [0.3, 0.4) is 0 Å². The first-order valence-electron chi connectivity index (χ1n) is 9.07. The minimum Gasteiger partial charge on any atom is -0.351 e. The molecule has 0 saturated carbocycles. The van der Waals surface area contributed by atoms with E-state index in [0.29, 0.717) is 5.56 Å². The number of carbonyl (C=O) groups is 2. The summed E-state index contributed by atoms with van der Waals surface area (Å²) in [6.45, 7) is 9.18. The van der Waals surface area contributed by atoms with Crippen LogP contribution in [0.5, 0.6) is 0 Å². The summed E-state index contributed by atoms with van der Waals surface area (Å²) in [5.74, 6) is -1.01. The van der Waals surface area contributed by atoms with Crippen LogP contribution >= 0.6 is 0 Å². The lowest BCUT2D eigenvalue weighted by atomic mass is 9.90. The third-order valence-corrected chi connectivity index (χ3v) is 4.70. The molecule has 2 aromatic carbocycles. The molecule has 2 rings (SSSR count). The summed E-state index contributed by atoms with van der Waals surface area (Å²) >= 11 is 0. The van der Waals surface area contributed by atoms with Crippen LogP contribution in [0.2, 0.25) is 0 Å². The lowest BCUT2D eigenvalue weighted by molar-refractivity contribution is -0.138. The summed E-state index contributed by atoms with van der Waals surface area (Å²) in [7, 11) is 0. The highest BCUT2D eigenvalue weighted by Gasteiger charge is 2.36. The molecule has 0 saturated heterocycles. The van der Waals surface area contributed by atoms with Crippen molar-refractivity contribution in [3.8, 4) is 0 Å². The minimum absolute atomic E-state index is 0.0316. The SMILES string of the molecule is Cc1cccc(C(C)C)c1NC(=O)C(C)(C)C(=O)NCc1ccccc1F. The number of hydrogen-bond acceptors (Lipinski definition) is 2. The van der Waals surface area contributed by atoms with Crippen molar-refractivity contribution in [2.75, 3.05) is 5.32 Å². The molecule has 0 fully saturated rings. The van der Waals surface area contributed by atoms with Gasteiger partial charge >= 0.3 is 0 Å². The van der Waals surface area contributed by atoms with Crippen LogP contribution in [0.1, 0.15) is 50.3 Å². The van der Waals surface area contributed by atoms with Gasteiger partial charge in [-0.05, 0) is 43.9 Å². The van der Waals surface area contributed by atoms with E-state index in [0.717, 1.165) is 16.8 Å². The Morgan fingerprint density at radius 3 is 2.33 bits per heavy atom. The first-order chi connectivity index (χ1) is 12.6. The Balaban J connectivity index is 2.13. The van der Waals surface area contributed by atoms with Crippen molar-refractivity contribution in [3.63, 3.8) is 0 Å². The Kier molecular flexibility index (Phi) is 6.37. The Bertz CT molecular complexity index is 844. The van der Waals surface area contributed by atoms with Crippen molar-refractivity contribution in [1.82, 2.24) is 5.32 Å². The third-order valence-electron chi connectivity index (χ3n) is 4.70. The molecule has 0 aliphatic rings. The highest BCUT2D eigenvalue weighted by atomic mass is 19.1. The second-order valence-electron chi connectivity index (χ2n) is 7.55. The first kappa shape index (κ1) is 20.6. The normalized spacial score (nSPS) is 11.4. The predicted molar refractivity (Wildman–Crippen MR) is 106 cm³/mol. The molecule has 5 heteroatoms. The number of halogens is 1. The Morgan fingerprint density at radius 1 is 1.04 bits per heavy atom. The van der Waals surface area contributed by atoms with Gasteiger partial charge in [-0.25, -0.2) is 4.39 Å². The number of aryl methyl sites for hydroxylation is 1. The number of carbonyl (C=O) groups excluding carboxylic acids is 2. The van der Waals surface area contributed by atoms with E-state index in [2.05, 4.69) is 24.5 Å². The molecular weight excluding hydrogens is 343 g/mol. The molecular formula is C22H27FN2O2. The van der Waals surface area contributed by atoms with Crippen LogP contribution in [0.25, 0.3) is 0 Å². The number of para-hydroxylation sites is 1. The van der Waals surface area contributed by atoms with E-state index in [-0.39, 0.29) is 18.3 Å². The maximum absolute atomic E-state index is 13.7. The van der Waals surface area contributed by atoms with Crippen molar-refractivity contribution in [2.24, 2.45) is 5.41 Å². The molecule has 0 aromatic heterocycles. The number of nitrogens with one attached hydrogen (secondary N) is 2. The van der Waals surface area contributed by atoms with E-state index in [4.69, 9.17) is 0 Å². The lowest BCUT2D eigenvalue weighted by Crippen LogP contribution is -2.45. The van der Waals surface area contributed by atoms with Gasteiger partial charge in [-0.3, -0.25) is 9.59 Å². The quantitative estimate of drug-likeness (QED) is 0.734. The average molecular weight is 370 g/mol. The van der Waals surface area contributed by atoms with Crippen LogP contribution in [0.15, 0.2) is 42.5 Å². The first-order valence-corrected chi connectivity index (χ1v) is 9.07. The van der Waals surface area contributed by atoms with Crippen molar-refractivity contribution >= 4 is 17.5 Å². The average Bonchev–Trinajstić information content (AvgIpc) is 2.62. The van der Waals surface area contributed by atoms with E-state index in [1.165, 1.54) is 6.07 Å². The maximum atomic E-state index is 13.7. The monoisotopic (exact) mass is 370 g/mol. The largest absolute Gasteiger partial charge is 0.351 e. The van der Waals surface area contributed by atoms with Crippen molar-refractivity contribution in [1.29, 1.82) is 0 Å². The minimum atomic E-state index is -1.30. The van der Waals surface area contributed by atoms with E-state index in [1.807, 2.05) is 25.1 Å². The standard InChI is InChI=1S/C22H27FN2O2/c1-14(2)17-11-8-9-15(3)19(17)25-21(27)22(4,5)20(26)24-13-16-10-6-7-12-18(16)23/h6-12,14H,13H2,1-5H3,(H,24,26)(H,25,27). The zero-order valence-corrected chi connectivity index (χ0v) is 16.5. The summed E-state index contributed by atoms with van der Waals surface area (Å²) < 4.78 is 13.7. The van der Waals surface area contributed by atoms with Gasteiger partial charge in [0.05, 0.1) is 0 Å². The highest BCUT2D eigenvalue weighted by Crippen LogP contribution is 2.29. The van der Waals surface area contributed by atoms with Gasteiger partial charge in [0.15, 0.2) is 0 Å². The zero-order chi connectivity index (χ0) is 20.2. The van der Waals surface area contributed by atoms with Crippen molar-refractivity contribution in [2.45, 2.75) is 47.1 Å². The Hall–Kier alpha value is -2.69. The van der Waals surface area contributed by atoms with Gasteiger partial charge in [-0.1, -0.05) is 50.2 Å². The van der Waals surface area contributed by atoms with Crippen LogP contribution in [-0.2, 0) is 16.1 Å². The number of rotatable bonds is 6. The predicted octanol–water partition coefficient (Wildman–Crippen LogP) is 4.54. The van der Waals surface area contributed by atoms with Crippen LogP contribution in [0, 0.1) is 18.2 Å². The number of amides is 2. The summed E-state index contributed by atoms with van der Waals surface area (Å²) in [5, 5.41) is 5.58. The molecule has 2 aromatic rings. The van der Waals surface area contributed by atoms with E-state index < -0.39 is 17.2 Å². The van der Waals surface area contributed by atoms with E-state index in [1.54, 1.807) is 32.0 Å². The van der Waals surface area contributed by atoms with Gasteiger partial charge < -0.3 is 10.6 Å². The summed E-state index contributed by atoms with van der Waals surface area (Å²) in [5.41, 5.74) is 1.78. The lowest BCUT2D eigenvalue weighted by Gasteiger charge is -2.25. The fourth-order valence-corrected chi connectivity index (χ4v) is 2.75. The smallest absolute Gasteiger partial charge is 0.239 e. The fraction of sp³-hybridized carbons (Fsp3) is 0.364. The van der Waals surface area contributed by atoms with E-state index >= 15 is 0 Å². The second-order valence-corrected chi connectivity index (χ2v) is 7.55. The molecule has 0 atom stereocenters. The molecule has 2 N–H and O–H groups in total. The van der Waals surface area contributed by atoms with Gasteiger partial charge in [0.25, 0.3) is 0 Å².